The van der Waals surface area contributed by atoms with E-state index in [-0.39, 0.29) is 11.5 Å². The van der Waals surface area contributed by atoms with Gasteiger partial charge in [-0.25, -0.2) is 4.39 Å². The molecule has 0 radical (unpaired) electrons. The zero-order chi connectivity index (χ0) is 13.9. The Morgan fingerprint density at radius 3 is 2.67 bits per heavy atom. The molecule has 0 aromatic carbocycles. The van der Waals surface area contributed by atoms with Crippen molar-refractivity contribution >= 4 is 17.6 Å². The van der Waals surface area contributed by atoms with Crippen molar-refractivity contribution in [2.75, 3.05) is 7.05 Å². The standard InChI is InChI=1S/C10H14FN5O2/c1-5(10(18)16(3)6(2)12)14-9(17)8-7(11)4-13-15-8/h4-5,12H,1-3H3,(H,13,15)(H,14,17)/t5-/m0/s1. The predicted molar refractivity (Wildman–Crippen MR) is 61.6 cm³/mol. The van der Waals surface area contributed by atoms with E-state index in [4.69, 9.17) is 5.41 Å². The molecule has 3 N–H and O–H groups in total. The zero-order valence-corrected chi connectivity index (χ0v) is 10.2. The molecule has 1 aromatic rings. The van der Waals surface area contributed by atoms with Crippen LogP contribution >= 0.6 is 0 Å². The fourth-order valence-electron chi connectivity index (χ4n) is 1.22. The summed E-state index contributed by atoms with van der Waals surface area (Å²) in [4.78, 5) is 24.4. The second-order valence-corrected chi connectivity index (χ2v) is 3.77. The number of amides is 2. The van der Waals surface area contributed by atoms with Crippen LogP contribution in [0.3, 0.4) is 0 Å². The Hall–Kier alpha value is -2.25. The molecule has 0 aliphatic heterocycles. The van der Waals surface area contributed by atoms with E-state index in [9.17, 15) is 14.0 Å². The van der Waals surface area contributed by atoms with Crippen molar-refractivity contribution in [1.82, 2.24) is 20.4 Å². The molecule has 0 fully saturated rings. The highest BCUT2D eigenvalue weighted by Crippen LogP contribution is 2.02. The normalized spacial score (nSPS) is 11.8. The summed E-state index contributed by atoms with van der Waals surface area (Å²) in [6, 6.07) is -0.870. The smallest absolute Gasteiger partial charge is 0.272 e. The second-order valence-electron chi connectivity index (χ2n) is 3.77. The Morgan fingerprint density at radius 1 is 1.61 bits per heavy atom. The quantitative estimate of drug-likeness (QED) is 0.528. The fourth-order valence-corrected chi connectivity index (χ4v) is 1.22. The molecule has 1 atom stereocenters. The molecule has 98 valence electrons. The molecule has 2 amide bonds. The number of carbonyl (C=O) groups excluding carboxylic acids is 2. The van der Waals surface area contributed by atoms with Crippen LogP contribution in [-0.4, -0.2) is 45.8 Å². The molecule has 0 aliphatic carbocycles. The first-order chi connectivity index (χ1) is 8.34. The molecule has 7 nitrogen and oxygen atoms in total. The predicted octanol–water partition coefficient (Wildman–Crippen LogP) is 0.123. The third-order valence-electron chi connectivity index (χ3n) is 2.37. The Bertz CT molecular complexity index is 484. The van der Waals surface area contributed by atoms with Gasteiger partial charge < -0.3 is 10.2 Å². The number of nitrogens with one attached hydrogen (secondary N) is 3. The molecule has 1 aromatic heterocycles. The Kier molecular flexibility index (Phi) is 4.13. The third kappa shape index (κ3) is 2.90. The molecule has 1 heterocycles. The van der Waals surface area contributed by atoms with Crippen LogP contribution in [0.2, 0.25) is 0 Å². The van der Waals surface area contributed by atoms with Crippen molar-refractivity contribution < 1.29 is 14.0 Å². The number of aromatic amines is 1. The van der Waals surface area contributed by atoms with Gasteiger partial charge in [0.2, 0.25) is 5.91 Å². The molecule has 0 unspecified atom stereocenters. The van der Waals surface area contributed by atoms with Gasteiger partial charge in [-0.3, -0.25) is 20.1 Å². The summed E-state index contributed by atoms with van der Waals surface area (Å²) in [5, 5.41) is 15.2. The molecular formula is C10H14FN5O2. The van der Waals surface area contributed by atoms with Crippen LogP contribution in [0.25, 0.3) is 0 Å². The minimum atomic E-state index is -0.870. The van der Waals surface area contributed by atoms with Gasteiger partial charge in [-0.1, -0.05) is 0 Å². The fraction of sp³-hybridized carbons (Fsp3) is 0.400. The molecule has 0 saturated heterocycles. The summed E-state index contributed by atoms with van der Waals surface area (Å²) >= 11 is 0. The number of halogens is 1. The number of nitrogens with zero attached hydrogens (tertiary/aromatic N) is 2. The number of amidine groups is 1. The van der Waals surface area contributed by atoms with Crippen molar-refractivity contribution in [3.05, 3.63) is 17.7 Å². The minimum Gasteiger partial charge on any atom is -0.339 e. The first-order valence-corrected chi connectivity index (χ1v) is 5.17. The summed E-state index contributed by atoms with van der Waals surface area (Å²) in [5.74, 6) is -1.96. The monoisotopic (exact) mass is 255 g/mol. The molecule has 18 heavy (non-hydrogen) atoms. The molecule has 0 spiro atoms. The van der Waals surface area contributed by atoms with Gasteiger partial charge >= 0.3 is 0 Å². The summed E-state index contributed by atoms with van der Waals surface area (Å²) < 4.78 is 13.1. The Balaban J connectivity index is 2.68. The van der Waals surface area contributed by atoms with Gasteiger partial charge in [0.1, 0.15) is 6.04 Å². The highest BCUT2D eigenvalue weighted by molar-refractivity contribution is 6.01. The number of H-pyrrole nitrogens is 1. The molecule has 8 heteroatoms. The molecule has 0 bridgehead atoms. The lowest BCUT2D eigenvalue weighted by Crippen LogP contribution is -2.47. The van der Waals surface area contributed by atoms with Gasteiger partial charge in [0.15, 0.2) is 11.5 Å². The van der Waals surface area contributed by atoms with Gasteiger partial charge in [-0.15, -0.1) is 0 Å². The highest BCUT2D eigenvalue weighted by Gasteiger charge is 2.23. The molecule has 1 rings (SSSR count). The maximum absolute atomic E-state index is 13.1. The Labute approximate surface area is 103 Å². The largest absolute Gasteiger partial charge is 0.339 e. The molecule has 0 saturated carbocycles. The van der Waals surface area contributed by atoms with E-state index in [1.54, 1.807) is 0 Å². The summed E-state index contributed by atoms with van der Waals surface area (Å²) in [6.45, 7) is 2.90. The van der Waals surface area contributed by atoms with Crippen LogP contribution in [0.5, 0.6) is 0 Å². The van der Waals surface area contributed by atoms with Crippen molar-refractivity contribution in [3.63, 3.8) is 0 Å². The van der Waals surface area contributed by atoms with Gasteiger partial charge in [0, 0.05) is 7.05 Å². The van der Waals surface area contributed by atoms with Crippen molar-refractivity contribution in [2.45, 2.75) is 19.9 Å². The summed E-state index contributed by atoms with van der Waals surface area (Å²) in [5.41, 5.74) is -0.330. The van der Waals surface area contributed by atoms with Gasteiger partial charge in [0.25, 0.3) is 5.91 Å². The summed E-state index contributed by atoms with van der Waals surface area (Å²) in [6.07, 6.45) is 0.870. The third-order valence-corrected chi connectivity index (χ3v) is 2.37. The van der Waals surface area contributed by atoms with Crippen LogP contribution < -0.4 is 5.32 Å². The van der Waals surface area contributed by atoms with Crippen molar-refractivity contribution in [1.29, 1.82) is 5.41 Å². The van der Waals surface area contributed by atoms with Crippen molar-refractivity contribution in [2.24, 2.45) is 0 Å². The van der Waals surface area contributed by atoms with E-state index in [2.05, 4.69) is 15.5 Å². The second kappa shape index (κ2) is 5.39. The lowest BCUT2D eigenvalue weighted by atomic mass is 10.2. The van der Waals surface area contributed by atoms with Crippen LogP contribution in [0.15, 0.2) is 6.20 Å². The van der Waals surface area contributed by atoms with E-state index in [1.807, 2.05) is 0 Å². The van der Waals surface area contributed by atoms with E-state index < -0.39 is 23.7 Å². The molecule has 0 aliphatic rings. The van der Waals surface area contributed by atoms with Crippen LogP contribution in [0, 0.1) is 11.2 Å². The number of aromatic nitrogens is 2. The van der Waals surface area contributed by atoms with Crippen LogP contribution in [-0.2, 0) is 4.79 Å². The number of hydrogen-bond acceptors (Lipinski definition) is 4. The van der Waals surface area contributed by atoms with E-state index in [1.165, 1.54) is 20.9 Å². The first-order valence-electron chi connectivity index (χ1n) is 5.17. The average Bonchev–Trinajstić information content (AvgIpc) is 2.73. The Morgan fingerprint density at radius 2 is 2.22 bits per heavy atom. The zero-order valence-electron chi connectivity index (χ0n) is 10.2. The van der Waals surface area contributed by atoms with Gasteiger partial charge in [0.05, 0.1) is 12.0 Å². The maximum atomic E-state index is 13.1. The summed E-state index contributed by atoms with van der Waals surface area (Å²) in [7, 11) is 1.42. The van der Waals surface area contributed by atoms with Crippen molar-refractivity contribution in [3.8, 4) is 0 Å². The SMILES string of the molecule is CC(=N)N(C)C(=O)[C@H](C)NC(=O)c1[nH]ncc1F. The van der Waals surface area contributed by atoms with Crippen LogP contribution in [0.4, 0.5) is 4.39 Å². The minimum absolute atomic E-state index is 0.0498. The molecular weight excluding hydrogens is 241 g/mol. The van der Waals surface area contributed by atoms with Gasteiger partial charge in [-0.05, 0) is 13.8 Å². The number of carbonyl (C=O) groups is 2. The topological polar surface area (TPSA) is 102 Å². The number of rotatable bonds is 3. The number of hydrogen-bond donors (Lipinski definition) is 3. The van der Waals surface area contributed by atoms with E-state index in [0.29, 0.717) is 0 Å². The maximum Gasteiger partial charge on any atom is 0.272 e. The van der Waals surface area contributed by atoms with E-state index >= 15 is 0 Å². The van der Waals surface area contributed by atoms with E-state index in [0.717, 1.165) is 11.1 Å². The van der Waals surface area contributed by atoms with Crippen LogP contribution in [0.1, 0.15) is 24.3 Å². The lowest BCUT2D eigenvalue weighted by Gasteiger charge is -2.20. The van der Waals surface area contributed by atoms with Gasteiger partial charge in [-0.2, -0.15) is 5.10 Å². The first kappa shape index (κ1) is 13.8. The number of likely N-dealkylation sites (N-methyl/N-ethyl adjacent to an activating group) is 1. The average molecular weight is 255 g/mol. The highest BCUT2D eigenvalue weighted by atomic mass is 19.1. The lowest BCUT2D eigenvalue weighted by molar-refractivity contribution is -0.128.